The molecule has 0 radical (unpaired) electrons. The number of aromatic nitrogens is 2. The van der Waals surface area contributed by atoms with Gasteiger partial charge in [0, 0.05) is 18.2 Å². The highest BCUT2D eigenvalue weighted by molar-refractivity contribution is 7.89. The van der Waals surface area contributed by atoms with Crippen molar-refractivity contribution < 1.29 is 13.2 Å². The average molecular weight is 450 g/mol. The fourth-order valence-corrected chi connectivity index (χ4v) is 6.15. The minimum atomic E-state index is -3.52. The molecule has 164 valence electrons. The SMILES string of the molecule is C[C@H]1CCC(c2ccccc2)S(=O)(=O)N1Cc1ccc(C(=O)Nc2nc[nH]c2C#N)cc1. The minimum Gasteiger partial charge on any atom is -0.335 e. The van der Waals surface area contributed by atoms with Crippen LogP contribution in [-0.2, 0) is 16.6 Å². The van der Waals surface area contributed by atoms with E-state index in [0.29, 0.717) is 12.0 Å². The van der Waals surface area contributed by atoms with Crippen molar-refractivity contribution in [1.82, 2.24) is 14.3 Å². The number of rotatable bonds is 5. The zero-order valence-electron chi connectivity index (χ0n) is 17.5. The van der Waals surface area contributed by atoms with Crippen LogP contribution >= 0.6 is 0 Å². The Morgan fingerprint density at radius 3 is 2.59 bits per heavy atom. The molecule has 1 saturated heterocycles. The molecule has 1 unspecified atom stereocenters. The normalized spacial score (nSPS) is 20.4. The third kappa shape index (κ3) is 4.28. The van der Waals surface area contributed by atoms with E-state index >= 15 is 0 Å². The molecular formula is C23H23N5O3S. The van der Waals surface area contributed by atoms with E-state index in [-0.39, 0.29) is 24.1 Å². The van der Waals surface area contributed by atoms with Gasteiger partial charge in [-0.25, -0.2) is 13.4 Å². The third-order valence-electron chi connectivity index (χ3n) is 5.73. The van der Waals surface area contributed by atoms with Gasteiger partial charge in [-0.15, -0.1) is 0 Å². The summed E-state index contributed by atoms with van der Waals surface area (Å²) < 4.78 is 28.3. The first-order valence-electron chi connectivity index (χ1n) is 10.3. The molecule has 1 aliphatic heterocycles. The molecule has 0 spiro atoms. The van der Waals surface area contributed by atoms with Gasteiger partial charge in [-0.2, -0.15) is 9.57 Å². The quantitative estimate of drug-likeness (QED) is 0.617. The Morgan fingerprint density at radius 1 is 1.19 bits per heavy atom. The summed E-state index contributed by atoms with van der Waals surface area (Å²) in [7, 11) is -3.52. The maximum atomic E-state index is 13.4. The number of aromatic amines is 1. The van der Waals surface area contributed by atoms with Crippen molar-refractivity contribution in [2.24, 2.45) is 0 Å². The zero-order valence-corrected chi connectivity index (χ0v) is 18.3. The van der Waals surface area contributed by atoms with Gasteiger partial charge in [0.2, 0.25) is 10.0 Å². The van der Waals surface area contributed by atoms with Gasteiger partial charge in [-0.1, -0.05) is 42.5 Å². The number of anilines is 1. The van der Waals surface area contributed by atoms with Crippen LogP contribution in [0, 0.1) is 11.3 Å². The molecule has 0 bridgehead atoms. The number of sulfonamides is 1. The van der Waals surface area contributed by atoms with Crippen molar-refractivity contribution in [1.29, 1.82) is 5.26 Å². The number of imidazole rings is 1. The molecule has 2 aromatic carbocycles. The topological polar surface area (TPSA) is 119 Å². The lowest BCUT2D eigenvalue weighted by Crippen LogP contribution is -2.44. The summed E-state index contributed by atoms with van der Waals surface area (Å²) in [5.41, 5.74) is 2.17. The van der Waals surface area contributed by atoms with Gasteiger partial charge >= 0.3 is 0 Å². The Balaban J connectivity index is 1.50. The molecule has 4 rings (SSSR count). The second-order valence-corrected chi connectivity index (χ2v) is 9.87. The van der Waals surface area contributed by atoms with Crippen molar-refractivity contribution in [2.45, 2.75) is 37.6 Å². The number of hydrogen-bond donors (Lipinski definition) is 2. The Hall–Kier alpha value is -3.48. The standard InChI is InChI=1S/C23H23N5O3S/c1-16-7-12-21(18-5-3-2-4-6-18)32(30,31)28(16)14-17-8-10-19(11-9-17)23(29)27-22-20(13-24)25-15-26-22/h2-6,8-11,15-16,21H,7,12,14H2,1H3,(H,25,26)(H,27,29)/t16-,21?/m0/s1. The predicted molar refractivity (Wildman–Crippen MR) is 120 cm³/mol. The number of nitrogens with zero attached hydrogens (tertiary/aromatic N) is 3. The fourth-order valence-electron chi connectivity index (χ4n) is 3.95. The highest BCUT2D eigenvalue weighted by Gasteiger charge is 2.40. The van der Waals surface area contributed by atoms with Crippen LogP contribution in [0.25, 0.3) is 0 Å². The highest BCUT2D eigenvalue weighted by atomic mass is 32.2. The number of nitrogens with one attached hydrogen (secondary N) is 2. The fraction of sp³-hybridized carbons (Fsp3) is 0.261. The number of nitriles is 1. The Kier molecular flexibility index (Phi) is 6.08. The van der Waals surface area contributed by atoms with Gasteiger partial charge in [0.15, 0.2) is 11.5 Å². The number of benzene rings is 2. The number of carbonyl (C=O) groups is 1. The molecule has 32 heavy (non-hydrogen) atoms. The van der Waals surface area contributed by atoms with E-state index < -0.39 is 21.2 Å². The zero-order chi connectivity index (χ0) is 22.7. The predicted octanol–water partition coefficient (Wildman–Crippen LogP) is 3.59. The lowest BCUT2D eigenvalue weighted by atomic mass is 10.0. The molecule has 2 heterocycles. The van der Waals surface area contributed by atoms with E-state index in [0.717, 1.165) is 17.5 Å². The van der Waals surface area contributed by atoms with Crippen LogP contribution in [0.2, 0.25) is 0 Å². The largest absolute Gasteiger partial charge is 0.335 e. The van der Waals surface area contributed by atoms with Gasteiger partial charge < -0.3 is 10.3 Å². The molecule has 2 N–H and O–H groups in total. The lowest BCUT2D eigenvalue weighted by Gasteiger charge is -2.37. The molecule has 1 fully saturated rings. The summed E-state index contributed by atoms with van der Waals surface area (Å²) in [6, 6.07) is 17.9. The van der Waals surface area contributed by atoms with Crippen molar-refractivity contribution in [3.8, 4) is 6.07 Å². The highest BCUT2D eigenvalue weighted by Crippen LogP contribution is 2.38. The van der Waals surface area contributed by atoms with Crippen molar-refractivity contribution in [2.75, 3.05) is 5.32 Å². The van der Waals surface area contributed by atoms with Crippen LogP contribution in [0.5, 0.6) is 0 Å². The van der Waals surface area contributed by atoms with E-state index in [1.807, 2.05) is 43.3 Å². The summed E-state index contributed by atoms with van der Waals surface area (Å²) >= 11 is 0. The first kappa shape index (κ1) is 21.7. The molecule has 1 aliphatic rings. The van der Waals surface area contributed by atoms with Crippen LogP contribution in [-0.4, -0.2) is 34.6 Å². The number of amides is 1. The van der Waals surface area contributed by atoms with Gasteiger partial charge in [0.25, 0.3) is 5.91 Å². The lowest BCUT2D eigenvalue weighted by molar-refractivity contribution is 0.102. The summed E-state index contributed by atoms with van der Waals surface area (Å²) in [6.07, 6.45) is 2.71. The molecule has 3 aromatic rings. The average Bonchev–Trinajstić information content (AvgIpc) is 3.24. The van der Waals surface area contributed by atoms with Gasteiger partial charge in [0.1, 0.15) is 11.3 Å². The van der Waals surface area contributed by atoms with E-state index in [2.05, 4.69) is 15.3 Å². The van der Waals surface area contributed by atoms with Crippen LogP contribution < -0.4 is 5.32 Å². The number of H-pyrrole nitrogens is 1. The Morgan fingerprint density at radius 2 is 1.91 bits per heavy atom. The van der Waals surface area contributed by atoms with Crippen molar-refractivity contribution in [3.63, 3.8) is 0 Å². The van der Waals surface area contributed by atoms with Crippen molar-refractivity contribution >= 4 is 21.7 Å². The first-order valence-corrected chi connectivity index (χ1v) is 11.8. The molecular weight excluding hydrogens is 426 g/mol. The molecule has 9 heteroatoms. The first-order chi connectivity index (χ1) is 15.4. The van der Waals surface area contributed by atoms with E-state index in [1.54, 1.807) is 28.6 Å². The summed E-state index contributed by atoms with van der Waals surface area (Å²) in [5, 5.41) is 11.1. The summed E-state index contributed by atoms with van der Waals surface area (Å²) in [6.45, 7) is 2.17. The van der Waals surface area contributed by atoms with E-state index in [9.17, 15) is 13.2 Å². The van der Waals surface area contributed by atoms with E-state index in [4.69, 9.17) is 5.26 Å². The Bertz CT molecular complexity index is 1250. The summed E-state index contributed by atoms with van der Waals surface area (Å²) in [5.74, 6) is -0.231. The van der Waals surface area contributed by atoms with Crippen molar-refractivity contribution in [3.05, 3.63) is 83.3 Å². The molecule has 1 aromatic heterocycles. The van der Waals surface area contributed by atoms with E-state index in [1.165, 1.54) is 6.33 Å². The molecule has 0 aliphatic carbocycles. The van der Waals surface area contributed by atoms with Crippen LogP contribution in [0.4, 0.5) is 5.82 Å². The summed E-state index contributed by atoms with van der Waals surface area (Å²) in [4.78, 5) is 19.0. The van der Waals surface area contributed by atoms with Crippen LogP contribution in [0.15, 0.2) is 60.9 Å². The number of carbonyl (C=O) groups excluding carboxylic acids is 1. The van der Waals surface area contributed by atoms with Gasteiger partial charge in [-0.3, -0.25) is 4.79 Å². The smallest absolute Gasteiger partial charge is 0.256 e. The van der Waals surface area contributed by atoms with Crippen LogP contribution in [0.3, 0.4) is 0 Å². The molecule has 1 amide bonds. The molecule has 8 nitrogen and oxygen atoms in total. The minimum absolute atomic E-state index is 0.105. The maximum Gasteiger partial charge on any atom is 0.256 e. The third-order valence-corrected chi connectivity index (χ3v) is 8.10. The maximum absolute atomic E-state index is 13.4. The van der Waals surface area contributed by atoms with Crippen LogP contribution in [0.1, 0.15) is 52.2 Å². The monoisotopic (exact) mass is 449 g/mol. The molecule has 2 atom stereocenters. The van der Waals surface area contributed by atoms with Gasteiger partial charge in [0.05, 0.1) is 6.33 Å². The molecule has 0 saturated carbocycles. The number of hydrogen-bond acceptors (Lipinski definition) is 5. The second kappa shape index (κ2) is 8.94. The van der Waals surface area contributed by atoms with Gasteiger partial charge in [-0.05, 0) is 43.0 Å². The Labute approximate surface area is 187 Å². The second-order valence-electron chi connectivity index (χ2n) is 7.80.